The zero-order valence-electron chi connectivity index (χ0n) is 16.6. The van der Waals surface area contributed by atoms with Crippen LogP contribution >= 0.6 is 0 Å². The molecule has 5 heteroatoms. The molecule has 2 spiro atoms. The average Bonchev–Trinajstić information content (AvgIpc) is 3.31. The number of amides is 1. The third-order valence-electron chi connectivity index (χ3n) is 6.61. The molecule has 152 valence electrons. The van der Waals surface area contributed by atoms with Gasteiger partial charge in [0.15, 0.2) is 5.79 Å². The van der Waals surface area contributed by atoms with E-state index in [-0.39, 0.29) is 11.4 Å². The Morgan fingerprint density at radius 3 is 2.34 bits per heavy atom. The van der Waals surface area contributed by atoms with E-state index in [1.165, 1.54) is 5.56 Å². The van der Waals surface area contributed by atoms with Crippen LogP contribution in [0.1, 0.15) is 48.0 Å². The van der Waals surface area contributed by atoms with Gasteiger partial charge in [0, 0.05) is 24.9 Å². The molecule has 2 fully saturated rings. The second kappa shape index (κ2) is 7.47. The standard InChI is InChI=1S/C24H27NO4/c26-22-20-9-4-5-10-21(20)23(11-13-24(14-12-23)28-17-18-29-24)25(22)15-6-16-27-19-7-2-1-3-8-19/h1-5,7-10H,6,11-18H2. The first-order valence-electron chi connectivity index (χ1n) is 10.6. The summed E-state index contributed by atoms with van der Waals surface area (Å²) in [5.41, 5.74) is 1.77. The number of carbonyl (C=O) groups excluding carboxylic acids is 1. The van der Waals surface area contributed by atoms with Crippen molar-refractivity contribution in [3.05, 3.63) is 65.7 Å². The molecule has 29 heavy (non-hydrogen) atoms. The van der Waals surface area contributed by atoms with E-state index in [1.54, 1.807) is 0 Å². The van der Waals surface area contributed by atoms with Gasteiger partial charge in [-0.05, 0) is 43.0 Å². The first-order valence-corrected chi connectivity index (χ1v) is 10.6. The van der Waals surface area contributed by atoms with Gasteiger partial charge in [-0.25, -0.2) is 0 Å². The molecule has 2 heterocycles. The van der Waals surface area contributed by atoms with E-state index >= 15 is 0 Å². The monoisotopic (exact) mass is 393 g/mol. The van der Waals surface area contributed by atoms with Gasteiger partial charge < -0.3 is 19.1 Å². The molecule has 0 unspecified atom stereocenters. The highest BCUT2D eigenvalue weighted by Crippen LogP contribution is 2.52. The van der Waals surface area contributed by atoms with Gasteiger partial charge in [-0.2, -0.15) is 0 Å². The van der Waals surface area contributed by atoms with Crippen LogP contribution in [0.3, 0.4) is 0 Å². The van der Waals surface area contributed by atoms with Crippen LogP contribution in [0.5, 0.6) is 5.75 Å². The van der Waals surface area contributed by atoms with E-state index in [2.05, 4.69) is 11.0 Å². The number of benzene rings is 2. The fourth-order valence-electron chi connectivity index (χ4n) is 5.17. The third kappa shape index (κ3) is 3.22. The van der Waals surface area contributed by atoms with Gasteiger partial charge in [0.05, 0.1) is 25.4 Å². The molecular weight excluding hydrogens is 366 g/mol. The minimum absolute atomic E-state index is 0.143. The number of para-hydroxylation sites is 1. The molecule has 1 aliphatic carbocycles. The van der Waals surface area contributed by atoms with E-state index in [0.717, 1.165) is 43.4 Å². The fourth-order valence-corrected chi connectivity index (χ4v) is 5.17. The molecule has 0 atom stereocenters. The van der Waals surface area contributed by atoms with Crippen LogP contribution in [-0.2, 0) is 15.0 Å². The molecule has 1 saturated heterocycles. The number of carbonyl (C=O) groups is 1. The SMILES string of the molecule is O=C1c2ccccc2C2(CCC3(CC2)OCCO3)N1CCCOc1ccccc1. The van der Waals surface area contributed by atoms with Gasteiger partial charge in [-0.15, -0.1) is 0 Å². The molecule has 0 radical (unpaired) electrons. The lowest BCUT2D eigenvalue weighted by Crippen LogP contribution is -2.50. The van der Waals surface area contributed by atoms with Crippen molar-refractivity contribution in [2.75, 3.05) is 26.4 Å². The van der Waals surface area contributed by atoms with E-state index < -0.39 is 5.79 Å². The number of rotatable bonds is 5. The van der Waals surface area contributed by atoms with Gasteiger partial charge in [-0.1, -0.05) is 36.4 Å². The normalized spacial score (nSPS) is 21.7. The van der Waals surface area contributed by atoms with Gasteiger partial charge in [0.1, 0.15) is 5.75 Å². The van der Waals surface area contributed by atoms with Crippen LogP contribution in [0, 0.1) is 0 Å². The summed E-state index contributed by atoms with van der Waals surface area (Å²) >= 11 is 0. The minimum atomic E-state index is -0.437. The molecule has 0 N–H and O–H groups in total. The predicted octanol–water partition coefficient (Wildman–Crippen LogP) is 4.12. The van der Waals surface area contributed by atoms with E-state index in [9.17, 15) is 4.79 Å². The van der Waals surface area contributed by atoms with Crippen LogP contribution in [0.15, 0.2) is 54.6 Å². The summed E-state index contributed by atoms with van der Waals surface area (Å²) < 4.78 is 17.7. The summed E-state index contributed by atoms with van der Waals surface area (Å²) in [6, 6.07) is 17.9. The highest BCUT2D eigenvalue weighted by molar-refractivity contribution is 6.00. The van der Waals surface area contributed by atoms with Crippen LogP contribution in [0.25, 0.3) is 0 Å². The maximum atomic E-state index is 13.3. The summed E-state index contributed by atoms with van der Waals surface area (Å²) in [5.74, 6) is 0.575. The number of ether oxygens (including phenoxy) is 3. The first-order chi connectivity index (χ1) is 14.2. The molecule has 2 aliphatic heterocycles. The third-order valence-corrected chi connectivity index (χ3v) is 6.61. The minimum Gasteiger partial charge on any atom is -0.494 e. The van der Waals surface area contributed by atoms with Crippen molar-refractivity contribution in [2.45, 2.75) is 43.4 Å². The van der Waals surface area contributed by atoms with Crippen LogP contribution < -0.4 is 4.74 Å². The zero-order chi connectivity index (χ0) is 19.7. The summed E-state index contributed by atoms with van der Waals surface area (Å²) in [7, 11) is 0. The lowest BCUT2D eigenvalue weighted by Gasteiger charge is -2.47. The zero-order valence-corrected chi connectivity index (χ0v) is 16.6. The summed E-state index contributed by atoms with van der Waals surface area (Å²) in [6.07, 6.45) is 4.19. The van der Waals surface area contributed by atoms with Crippen molar-refractivity contribution in [3.8, 4) is 5.75 Å². The Labute approximate surface area is 171 Å². The summed E-state index contributed by atoms with van der Waals surface area (Å²) in [4.78, 5) is 15.4. The topological polar surface area (TPSA) is 48.0 Å². The maximum absolute atomic E-state index is 13.3. The molecular formula is C24H27NO4. The van der Waals surface area contributed by atoms with Crippen molar-refractivity contribution in [3.63, 3.8) is 0 Å². The second-order valence-electron chi connectivity index (χ2n) is 8.16. The molecule has 5 rings (SSSR count). The van der Waals surface area contributed by atoms with Crippen molar-refractivity contribution in [2.24, 2.45) is 0 Å². The van der Waals surface area contributed by atoms with Crippen LogP contribution in [0.2, 0.25) is 0 Å². The van der Waals surface area contributed by atoms with Crippen LogP contribution in [-0.4, -0.2) is 43.0 Å². The lowest BCUT2D eigenvalue weighted by atomic mass is 9.74. The highest BCUT2D eigenvalue weighted by atomic mass is 16.7. The predicted molar refractivity (Wildman–Crippen MR) is 109 cm³/mol. The van der Waals surface area contributed by atoms with Crippen molar-refractivity contribution in [1.29, 1.82) is 0 Å². The number of fused-ring (bicyclic) bond motifs is 2. The summed E-state index contributed by atoms with van der Waals surface area (Å²) in [5, 5.41) is 0. The quantitative estimate of drug-likeness (QED) is 0.717. The Bertz CT molecular complexity index is 865. The molecule has 2 aromatic carbocycles. The molecule has 5 nitrogen and oxygen atoms in total. The van der Waals surface area contributed by atoms with Crippen LogP contribution in [0.4, 0.5) is 0 Å². The van der Waals surface area contributed by atoms with Gasteiger partial charge in [0.25, 0.3) is 5.91 Å². The second-order valence-corrected chi connectivity index (χ2v) is 8.16. The molecule has 0 bridgehead atoms. The maximum Gasteiger partial charge on any atom is 0.254 e. The fraction of sp³-hybridized carbons (Fsp3) is 0.458. The van der Waals surface area contributed by atoms with Crippen molar-refractivity contribution in [1.82, 2.24) is 4.90 Å². The van der Waals surface area contributed by atoms with Gasteiger partial charge >= 0.3 is 0 Å². The number of nitrogens with zero attached hydrogens (tertiary/aromatic N) is 1. The molecule has 1 amide bonds. The van der Waals surface area contributed by atoms with Crippen molar-refractivity contribution < 1.29 is 19.0 Å². The Balaban J connectivity index is 1.32. The van der Waals surface area contributed by atoms with Gasteiger partial charge in [-0.3, -0.25) is 4.79 Å². The van der Waals surface area contributed by atoms with E-state index in [0.29, 0.717) is 26.4 Å². The Morgan fingerprint density at radius 1 is 0.897 bits per heavy atom. The lowest BCUT2D eigenvalue weighted by molar-refractivity contribution is -0.192. The van der Waals surface area contributed by atoms with Gasteiger partial charge in [0.2, 0.25) is 0 Å². The average molecular weight is 393 g/mol. The van der Waals surface area contributed by atoms with E-state index in [1.807, 2.05) is 48.5 Å². The molecule has 0 aromatic heterocycles. The number of hydrogen-bond donors (Lipinski definition) is 0. The Morgan fingerprint density at radius 2 is 1.59 bits per heavy atom. The smallest absolute Gasteiger partial charge is 0.254 e. The highest BCUT2D eigenvalue weighted by Gasteiger charge is 2.54. The first kappa shape index (κ1) is 18.6. The molecule has 2 aromatic rings. The Kier molecular flexibility index (Phi) is 4.80. The van der Waals surface area contributed by atoms with E-state index in [4.69, 9.17) is 14.2 Å². The molecule has 3 aliphatic rings. The number of hydrogen-bond acceptors (Lipinski definition) is 4. The molecule has 1 saturated carbocycles. The van der Waals surface area contributed by atoms with Crippen molar-refractivity contribution >= 4 is 5.91 Å². The Hall–Kier alpha value is -2.37. The summed E-state index contributed by atoms with van der Waals surface area (Å²) in [6.45, 7) is 2.62. The largest absolute Gasteiger partial charge is 0.494 e.